The summed E-state index contributed by atoms with van der Waals surface area (Å²) in [5, 5.41) is 4.22. The number of alkyl halides is 3. The van der Waals surface area contributed by atoms with Gasteiger partial charge in [0.15, 0.2) is 0 Å². The molecular weight excluding hydrogens is 861 g/mol. The van der Waals surface area contributed by atoms with Crippen molar-refractivity contribution in [2.45, 2.75) is 120 Å². The Hall–Kier alpha value is -4.40. The molecule has 3 heterocycles. The van der Waals surface area contributed by atoms with Crippen LogP contribution in [0.2, 0.25) is 5.02 Å². The molecule has 1 aromatic heterocycles. The van der Waals surface area contributed by atoms with Gasteiger partial charge in [-0.3, -0.25) is 24.5 Å². The number of fused-ring (bicyclic) bond motifs is 3. The molecule has 62 heavy (non-hydrogen) atoms. The lowest BCUT2D eigenvalue weighted by Crippen LogP contribution is -2.61. The van der Waals surface area contributed by atoms with E-state index in [-0.39, 0.29) is 50.3 Å². The minimum Gasteiger partial charge on any atom is -0.475 e. The summed E-state index contributed by atoms with van der Waals surface area (Å²) in [5.74, 6) is -3.30. The van der Waals surface area contributed by atoms with Gasteiger partial charge in [-0.1, -0.05) is 43.7 Å². The normalized spacial score (nSPS) is 28.3. The second-order valence-corrected chi connectivity index (χ2v) is 20.2. The number of hydrazine groups is 1. The number of allylic oxidation sites excluding steroid dienone is 1. The maximum absolute atomic E-state index is 14.9. The van der Waals surface area contributed by atoms with Crippen LogP contribution in [0.3, 0.4) is 0 Å². The summed E-state index contributed by atoms with van der Waals surface area (Å²) in [6, 6.07) is 4.10. The molecule has 2 aliphatic carbocycles. The van der Waals surface area contributed by atoms with Gasteiger partial charge in [0.1, 0.15) is 30.3 Å². The Morgan fingerprint density at radius 2 is 1.82 bits per heavy atom. The van der Waals surface area contributed by atoms with E-state index in [4.69, 9.17) is 25.8 Å². The molecule has 4 aliphatic rings. The first-order valence-electron chi connectivity index (χ1n) is 20.6. The highest BCUT2D eigenvalue weighted by atomic mass is 35.5. The van der Waals surface area contributed by atoms with Gasteiger partial charge in [-0.15, -0.1) is 0 Å². The Morgan fingerprint density at radius 3 is 2.50 bits per heavy atom. The van der Waals surface area contributed by atoms with E-state index < -0.39 is 85.9 Å². The lowest BCUT2D eigenvalue weighted by atomic mass is 9.88. The van der Waals surface area contributed by atoms with Crippen LogP contribution in [0.5, 0.6) is 11.8 Å². The molecule has 0 unspecified atom stereocenters. The zero-order chi connectivity index (χ0) is 45.4. The number of ether oxygens (including phenoxy) is 4. The summed E-state index contributed by atoms with van der Waals surface area (Å²) in [7, 11) is -2.58. The van der Waals surface area contributed by atoms with Gasteiger partial charge in [0, 0.05) is 41.3 Å². The van der Waals surface area contributed by atoms with Gasteiger partial charge < -0.3 is 29.2 Å². The fraction of sp³-hybridized carbons (Fsp3) is 0.634. The summed E-state index contributed by atoms with van der Waals surface area (Å²) in [5.41, 5.74) is 0.184. The third kappa shape index (κ3) is 10.2. The number of hydrogen-bond acceptors (Lipinski definition) is 12. The summed E-state index contributed by atoms with van der Waals surface area (Å²) in [6.45, 7) is 6.77. The summed E-state index contributed by atoms with van der Waals surface area (Å²) >= 11 is 6.57. The molecule has 342 valence electrons. The van der Waals surface area contributed by atoms with Crippen LogP contribution < -0.4 is 30.4 Å². The molecule has 2 aromatic rings. The molecule has 1 aromatic carbocycles. The van der Waals surface area contributed by atoms with E-state index in [1.807, 2.05) is 13.0 Å². The molecule has 0 bridgehead atoms. The number of carbonyl (C=O) groups is 4. The molecule has 2 aliphatic heterocycles. The number of pyridine rings is 1. The highest BCUT2D eigenvalue weighted by Gasteiger charge is 2.63. The van der Waals surface area contributed by atoms with Crippen LogP contribution in [0.25, 0.3) is 10.8 Å². The second-order valence-electron chi connectivity index (χ2n) is 17.5. The quantitative estimate of drug-likeness (QED) is 0.125. The van der Waals surface area contributed by atoms with Gasteiger partial charge in [0.05, 0.1) is 17.9 Å². The lowest BCUT2D eigenvalue weighted by Gasteiger charge is -2.33. The van der Waals surface area contributed by atoms with Crippen LogP contribution in [0.4, 0.5) is 18.0 Å². The minimum atomic E-state index is -4.90. The van der Waals surface area contributed by atoms with E-state index in [1.165, 1.54) is 18.9 Å². The molecule has 16 nitrogen and oxygen atoms in total. The zero-order valence-corrected chi connectivity index (χ0v) is 37.0. The van der Waals surface area contributed by atoms with Gasteiger partial charge in [0.25, 0.3) is 5.91 Å². The van der Waals surface area contributed by atoms with Crippen molar-refractivity contribution in [2.24, 2.45) is 17.8 Å². The summed E-state index contributed by atoms with van der Waals surface area (Å²) in [4.78, 5) is 62.0. The van der Waals surface area contributed by atoms with Crippen LogP contribution in [-0.2, 0) is 33.9 Å². The first-order valence-corrected chi connectivity index (χ1v) is 22.4. The average Bonchev–Trinajstić information content (AvgIpc) is 4.06. The van der Waals surface area contributed by atoms with E-state index in [0.717, 1.165) is 0 Å². The number of amides is 4. The average molecular weight is 915 g/mol. The van der Waals surface area contributed by atoms with Crippen molar-refractivity contribution in [2.75, 3.05) is 26.9 Å². The number of methoxy groups -OCH3 is 1. The number of hydrogen-bond donors (Lipinski definition) is 4. The number of sulfonamides is 1. The maximum Gasteiger partial charge on any atom is 0.427 e. The Morgan fingerprint density at radius 1 is 1.10 bits per heavy atom. The number of nitrogens with one attached hydrogen (secondary N) is 4. The number of carbonyl (C=O) groups excluding carboxylic acids is 4. The Balaban J connectivity index is 1.35. The molecule has 1 saturated heterocycles. The first kappa shape index (κ1) is 47.1. The number of benzene rings is 1. The number of aromatic nitrogens is 1. The largest absolute Gasteiger partial charge is 0.475 e. The summed E-state index contributed by atoms with van der Waals surface area (Å²) in [6.07, 6.45) is -1.38. The molecule has 0 radical (unpaired) electrons. The SMILES string of the molecule is COCCOc1cc2c(Cl)cccc2c(O[C@@H]2C[C@H]3C(=O)N[C@]4(C(=O)NS(=O)(=O)C5(C)CC5)C[C@H]4/C=C\CC[C@@H](C)C[C@@H](C)[C@H](NNC(=O)OC(C)(C)C(F)(F)F)C(=O)N3C2)n1. The highest BCUT2D eigenvalue weighted by molar-refractivity contribution is 7.91. The van der Waals surface area contributed by atoms with E-state index >= 15 is 0 Å². The molecule has 6 rings (SSSR count). The number of rotatable bonds is 12. The van der Waals surface area contributed by atoms with Gasteiger partial charge in [-0.2, -0.15) is 18.2 Å². The van der Waals surface area contributed by atoms with Crippen molar-refractivity contribution < 1.29 is 59.7 Å². The molecule has 3 fully saturated rings. The highest BCUT2D eigenvalue weighted by Crippen LogP contribution is 2.48. The van der Waals surface area contributed by atoms with Crippen molar-refractivity contribution in [1.82, 2.24) is 30.8 Å². The van der Waals surface area contributed by atoms with Crippen molar-refractivity contribution in [1.29, 1.82) is 0 Å². The van der Waals surface area contributed by atoms with Gasteiger partial charge in [-0.25, -0.2) is 18.6 Å². The van der Waals surface area contributed by atoms with Crippen molar-refractivity contribution in [3.05, 3.63) is 41.4 Å². The third-order valence-electron chi connectivity index (χ3n) is 12.2. The topological polar surface area (TPSA) is 204 Å². The third-order valence-corrected chi connectivity index (χ3v) is 14.7. The van der Waals surface area contributed by atoms with Crippen LogP contribution >= 0.6 is 11.6 Å². The fourth-order valence-corrected chi connectivity index (χ4v) is 9.33. The number of halogens is 4. The fourth-order valence-electron chi connectivity index (χ4n) is 7.79. The van der Waals surface area contributed by atoms with Crippen molar-refractivity contribution in [3.63, 3.8) is 0 Å². The van der Waals surface area contributed by atoms with E-state index in [1.54, 1.807) is 37.3 Å². The molecule has 0 spiro atoms. The van der Waals surface area contributed by atoms with Crippen LogP contribution in [0, 0.1) is 17.8 Å². The first-order chi connectivity index (χ1) is 29.0. The molecule has 7 atom stereocenters. The minimum absolute atomic E-state index is 0.0144. The Kier molecular flexibility index (Phi) is 13.7. The Bertz CT molecular complexity index is 2190. The van der Waals surface area contributed by atoms with Crippen LogP contribution in [-0.4, -0.2) is 109 Å². The Labute approximate surface area is 363 Å². The predicted molar refractivity (Wildman–Crippen MR) is 220 cm³/mol. The van der Waals surface area contributed by atoms with Gasteiger partial charge in [0.2, 0.25) is 39.2 Å². The molecule has 4 N–H and O–H groups in total. The van der Waals surface area contributed by atoms with E-state index in [9.17, 15) is 40.8 Å². The molecule has 21 heteroatoms. The molecule has 4 amide bonds. The number of nitrogens with zero attached hydrogens (tertiary/aromatic N) is 2. The monoisotopic (exact) mass is 914 g/mol. The van der Waals surface area contributed by atoms with Crippen LogP contribution in [0.1, 0.15) is 79.6 Å². The predicted octanol–water partition coefficient (Wildman–Crippen LogP) is 5.09. The van der Waals surface area contributed by atoms with E-state index in [2.05, 4.69) is 30.6 Å². The van der Waals surface area contributed by atoms with Crippen molar-refractivity contribution >= 4 is 56.2 Å². The molecular formula is C41H54ClF3N6O10S. The van der Waals surface area contributed by atoms with Gasteiger partial charge in [-0.05, 0) is 83.3 Å². The molecule has 2 saturated carbocycles. The second kappa shape index (κ2) is 18.0. The van der Waals surface area contributed by atoms with E-state index in [0.29, 0.717) is 61.7 Å². The zero-order valence-electron chi connectivity index (χ0n) is 35.4. The summed E-state index contributed by atoms with van der Waals surface area (Å²) < 4.78 is 90.4. The van der Waals surface area contributed by atoms with Gasteiger partial charge >= 0.3 is 12.3 Å². The van der Waals surface area contributed by atoms with Crippen molar-refractivity contribution in [3.8, 4) is 11.8 Å². The lowest BCUT2D eigenvalue weighted by molar-refractivity contribution is -0.244. The standard InChI is InChI=1S/C41H54ClF3N6O10S/c1-23-10-7-8-11-25-21-40(25,36(54)50-62(56,57)39(5)14-15-39)47-33(52)30-19-26(60-34-27-12-9-13-29(42)28(27)20-31(46-34)59-17-16-58-6)22-51(30)35(53)32(24(2)18-23)48-49-37(55)61-38(3,4)41(43,44)45/h8-9,11-13,20,23-26,30,32,48H,7,10,14-19,21-22H2,1-6H3,(H,47,52)(H,49,55)(H,50,54)/b11-8-/t23-,24-,25-,26-,30+,32+,40-/m1/s1. The maximum atomic E-state index is 14.9. The van der Waals surface area contributed by atoms with Crippen LogP contribution in [0.15, 0.2) is 36.4 Å². The smallest absolute Gasteiger partial charge is 0.427 e.